The molecule has 10 nitrogen and oxygen atoms in total. The van der Waals surface area contributed by atoms with Crippen molar-refractivity contribution in [2.75, 3.05) is 24.7 Å². The first-order valence-electron chi connectivity index (χ1n) is 8.79. The van der Waals surface area contributed by atoms with E-state index in [0.29, 0.717) is 5.82 Å². The zero-order valence-corrected chi connectivity index (χ0v) is 16.2. The average Bonchev–Trinajstić information content (AvgIpc) is 2.76. The van der Waals surface area contributed by atoms with Crippen LogP contribution in [-0.2, 0) is 4.79 Å². The number of carbonyl (C=O) groups is 1. The second-order valence-electron chi connectivity index (χ2n) is 5.90. The summed E-state index contributed by atoms with van der Waals surface area (Å²) in [4.78, 5) is 37.3. The van der Waals surface area contributed by atoms with Gasteiger partial charge in [0.1, 0.15) is 17.3 Å². The molecule has 0 atom stereocenters. The van der Waals surface area contributed by atoms with Gasteiger partial charge in [0.2, 0.25) is 0 Å². The molecule has 0 aliphatic rings. The maximum Gasteiger partial charge on any atom is 0.280 e. The van der Waals surface area contributed by atoms with Gasteiger partial charge in [0, 0.05) is 38.8 Å². The third-order valence-corrected chi connectivity index (χ3v) is 4.04. The highest BCUT2D eigenvalue weighted by Gasteiger charge is 2.16. The van der Waals surface area contributed by atoms with Crippen molar-refractivity contribution < 1.29 is 9.18 Å². The second-order valence-corrected chi connectivity index (χ2v) is 5.90. The van der Waals surface area contributed by atoms with Gasteiger partial charge in [0.25, 0.3) is 11.5 Å². The van der Waals surface area contributed by atoms with Gasteiger partial charge in [-0.15, -0.1) is 0 Å². The van der Waals surface area contributed by atoms with E-state index in [2.05, 4.69) is 30.9 Å². The number of rotatable bonds is 6. The molecule has 0 aromatic carbocycles. The van der Waals surface area contributed by atoms with Gasteiger partial charge >= 0.3 is 0 Å². The van der Waals surface area contributed by atoms with Gasteiger partial charge in [0.15, 0.2) is 17.5 Å². The first-order valence-corrected chi connectivity index (χ1v) is 8.79. The van der Waals surface area contributed by atoms with E-state index in [9.17, 15) is 14.0 Å². The molecular formula is C19H19FN8O2. The van der Waals surface area contributed by atoms with Crippen LogP contribution in [0.4, 0.5) is 21.7 Å². The largest absolute Gasteiger partial charge is 0.404 e. The molecule has 0 saturated carbocycles. The zero-order chi connectivity index (χ0) is 21.7. The van der Waals surface area contributed by atoms with E-state index in [1.807, 2.05) is 0 Å². The molecule has 0 fully saturated rings. The van der Waals surface area contributed by atoms with Crippen LogP contribution in [0.1, 0.15) is 5.82 Å². The Morgan fingerprint density at radius 2 is 1.97 bits per heavy atom. The first-order chi connectivity index (χ1) is 14.5. The number of hydrogen-bond donors (Lipinski definition) is 4. The Labute approximate surface area is 170 Å². The Morgan fingerprint density at radius 3 is 2.63 bits per heavy atom. The van der Waals surface area contributed by atoms with Crippen molar-refractivity contribution in [2.45, 2.75) is 0 Å². The first kappa shape index (κ1) is 20.5. The smallest absolute Gasteiger partial charge is 0.280 e. The van der Waals surface area contributed by atoms with Crippen LogP contribution in [0.15, 0.2) is 53.7 Å². The molecule has 1 amide bonds. The van der Waals surface area contributed by atoms with Crippen LogP contribution in [0.3, 0.4) is 0 Å². The summed E-state index contributed by atoms with van der Waals surface area (Å²) in [6.45, 7) is 0. The summed E-state index contributed by atoms with van der Waals surface area (Å²) in [6, 6.07) is 7.26. The number of nitrogens with one attached hydrogen (secondary N) is 3. The molecule has 154 valence electrons. The lowest BCUT2D eigenvalue weighted by atomic mass is 10.2. The summed E-state index contributed by atoms with van der Waals surface area (Å²) in [5.41, 5.74) is 5.19. The highest BCUT2D eigenvalue weighted by Crippen LogP contribution is 2.19. The van der Waals surface area contributed by atoms with E-state index >= 15 is 0 Å². The third-order valence-electron chi connectivity index (χ3n) is 4.04. The van der Waals surface area contributed by atoms with Crippen LogP contribution in [0, 0.1) is 5.82 Å². The van der Waals surface area contributed by atoms with Gasteiger partial charge in [-0.25, -0.2) is 19.3 Å². The fraction of sp³-hybridized carbons (Fsp3) is 0.105. The van der Waals surface area contributed by atoms with Crippen molar-refractivity contribution in [3.63, 3.8) is 0 Å². The topological polar surface area (TPSA) is 140 Å². The highest BCUT2D eigenvalue weighted by atomic mass is 19.1. The summed E-state index contributed by atoms with van der Waals surface area (Å²) < 4.78 is 15.2. The predicted octanol–water partition coefficient (Wildman–Crippen LogP) is 0.992. The van der Waals surface area contributed by atoms with Crippen LogP contribution in [-0.4, -0.2) is 39.5 Å². The standard InChI is InChI=1S/C19H19FN8O2/c1-22-14-9-15(27-16(26-14)11(10-21)18(29)23-2)25-13-6-4-8-28(19(13)30)17-12(20)5-3-7-24-17/h3-10H,21H2,1-2H3,(H,23,29)(H2,22,25,26,27)/b11-10+. The molecule has 3 aromatic heterocycles. The predicted molar refractivity (Wildman–Crippen MR) is 111 cm³/mol. The summed E-state index contributed by atoms with van der Waals surface area (Å²) in [5.74, 6) is -0.565. The maximum absolute atomic E-state index is 14.1. The number of halogens is 1. The molecule has 0 aliphatic heterocycles. The lowest BCUT2D eigenvalue weighted by Crippen LogP contribution is -2.23. The quantitative estimate of drug-likeness (QED) is 0.441. The molecule has 0 spiro atoms. The molecule has 0 unspecified atom stereocenters. The molecule has 0 aliphatic carbocycles. The Morgan fingerprint density at radius 1 is 1.20 bits per heavy atom. The number of carbonyl (C=O) groups excluding carboxylic acids is 1. The monoisotopic (exact) mass is 410 g/mol. The molecule has 0 bridgehead atoms. The number of likely N-dealkylation sites (N-methyl/N-ethyl adjacent to an activating group) is 1. The van der Waals surface area contributed by atoms with Crippen LogP contribution < -0.4 is 27.2 Å². The maximum atomic E-state index is 14.1. The summed E-state index contributed by atoms with van der Waals surface area (Å²) in [5, 5.41) is 8.19. The van der Waals surface area contributed by atoms with E-state index in [-0.39, 0.29) is 28.7 Å². The SMILES string of the molecule is CNC(=O)/C(=C/N)c1nc(NC)cc(Nc2cccn(-c3ncccc3F)c2=O)n1. The number of hydrogen-bond acceptors (Lipinski definition) is 8. The Hall–Kier alpha value is -4.28. The van der Waals surface area contributed by atoms with E-state index in [4.69, 9.17) is 5.73 Å². The normalized spacial score (nSPS) is 11.1. The lowest BCUT2D eigenvalue weighted by molar-refractivity contribution is -0.115. The summed E-state index contributed by atoms with van der Waals surface area (Å²) in [6.07, 6.45) is 3.89. The molecular weight excluding hydrogens is 391 g/mol. The van der Waals surface area contributed by atoms with Crippen molar-refractivity contribution in [2.24, 2.45) is 5.73 Å². The van der Waals surface area contributed by atoms with E-state index in [1.165, 1.54) is 37.6 Å². The third kappa shape index (κ3) is 4.09. The van der Waals surface area contributed by atoms with Gasteiger partial charge in [0.05, 0.1) is 5.57 Å². The number of pyridine rings is 2. The zero-order valence-electron chi connectivity index (χ0n) is 16.2. The number of nitrogens with zero attached hydrogens (tertiary/aromatic N) is 4. The second kappa shape index (κ2) is 8.82. The minimum atomic E-state index is -0.637. The molecule has 3 aromatic rings. The molecule has 30 heavy (non-hydrogen) atoms. The Balaban J connectivity index is 2.04. The Kier molecular flexibility index (Phi) is 6.01. The average molecular weight is 410 g/mol. The lowest BCUT2D eigenvalue weighted by Gasteiger charge is -2.12. The van der Waals surface area contributed by atoms with E-state index in [0.717, 1.165) is 10.8 Å². The van der Waals surface area contributed by atoms with Gasteiger partial charge in [-0.1, -0.05) is 0 Å². The molecule has 5 N–H and O–H groups in total. The Bertz CT molecular complexity index is 1180. The van der Waals surface area contributed by atoms with Crippen LogP contribution in [0.2, 0.25) is 0 Å². The molecule has 11 heteroatoms. The molecule has 0 radical (unpaired) electrons. The van der Waals surface area contributed by atoms with Crippen LogP contribution >= 0.6 is 0 Å². The van der Waals surface area contributed by atoms with Crippen molar-refractivity contribution in [3.05, 3.63) is 70.9 Å². The van der Waals surface area contributed by atoms with Gasteiger partial charge in [-0.3, -0.25) is 14.2 Å². The summed E-state index contributed by atoms with van der Waals surface area (Å²) >= 11 is 0. The van der Waals surface area contributed by atoms with Crippen molar-refractivity contribution in [3.8, 4) is 5.82 Å². The van der Waals surface area contributed by atoms with E-state index < -0.39 is 17.3 Å². The van der Waals surface area contributed by atoms with Gasteiger partial charge in [-0.2, -0.15) is 0 Å². The minimum Gasteiger partial charge on any atom is -0.404 e. The van der Waals surface area contributed by atoms with Gasteiger partial charge in [-0.05, 0) is 24.3 Å². The summed E-state index contributed by atoms with van der Waals surface area (Å²) in [7, 11) is 3.09. The van der Waals surface area contributed by atoms with Gasteiger partial charge < -0.3 is 21.7 Å². The number of anilines is 3. The molecule has 3 rings (SSSR count). The molecule has 0 saturated heterocycles. The van der Waals surface area contributed by atoms with Crippen molar-refractivity contribution in [1.82, 2.24) is 24.8 Å². The molecule has 3 heterocycles. The number of aromatic nitrogens is 4. The fourth-order valence-corrected chi connectivity index (χ4v) is 2.59. The van der Waals surface area contributed by atoms with Crippen molar-refractivity contribution in [1.29, 1.82) is 0 Å². The number of amides is 1. The van der Waals surface area contributed by atoms with Crippen LogP contribution in [0.25, 0.3) is 11.4 Å². The van der Waals surface area contributed by atoms with E-state index in [1.54, 1.807) is 19.2 Å². The van der Waals surface area contributed by atoms with Crippen LogP contribution in [0.5, 0.6) is 0 Å². The highest BCUT2D eigenvalue weighted by molar-refractivity contribution is 6.18. The van der Waals surface area contributed by atoms with Crippen molar-refractivity contribution >= 4 is 28.8 Å². The minimum absolute atomic E-state index is 0.0539. The number of nitrogens with two attached hydrogens (primary N) is 1. The fourth-order valence-electron chi connectivity index (χ4n) is 2.59.